The van der Waals surface area contributed by atoms with Gasteiger partial charge in [0.2, 0.25) is 5.91 Å². The van der Waals surface area contributed by atoms with Gasteiger partial charge in [0.15, 0.2) is 0 Å². The van der Waals surface area contributed by atoms with Crippen LogP contribution in [0.3, 0.4) is 0 Å². The van der Waals surface area contributed by atoms with E-state index in [0.717, 1.165) is 5.75 Å². The number of imidazole rings is 1. The van der Waals surface area contributed by atoms with Gasteiger partial charge in [-0.3, -0.25) is 9.36 Å². The minimum Gasteiger partial charge on any atom is -0.493 e. The third kappa shape index (κ3) is 2.97. The number of rotatable bonds is 4. The first-order valence-electron chi connectivity index (χ1n) is 5.88. The van der Waals surface area contributed by atoms with Crippen LogP contribution < -0.4 is 4.74 Å². The van der Waals surface area contributed by atoms with Crippen molar-refractivity contribution in [1.29, 1.82) is 0 Å². The van der Waals surface area contributed by atoms with Crippen LogP contribution in [0.5, 0.6) is 5.75 Å². The topological polar surface area (TPSA) is 44.1 Å². The number of ether oxygens (including phenoxy) is 1. The predicted octanol–water partition coefficient (Wildman–Crippen LogP) is 2.61. The molecule has 0 aliphatic heterocycles. The molecule has 0 unspecified atom stereocenters. The molecule has 0 atom stereocenters. The van der Waals surface area contributed by atoms with Gasteiger partial charge in [0.25, 0.3) is 0 Å². The fraction of sp³-hybridized carbons (Fsp3) is 0.286. The fourth-order valence-corrected chi connectivity index (χ4v) is 1.60. The highest BCUT2D eigenvalue weighted by molar-refractivity contribution is 5.78. The highest BCUT2D eigenvalue weighted by Crippen LogP contribution is 2.16. The van der Waals surface area contributed by atoms with Gasteiger partial charge in [0.05, 0.1) is 13.0 Å². The Kier molecular flexibility index (Phi) is 3.77. The fourth-order valence-electron chi connectivity index (χ4n) is 1.60. The minimum atomic E-state index is -0.0173. The molecule has 1 aromatic heterocycles. The summed E-state index contributed by atoms with van der Waals surface area (Å²) in [6.07, 6.45) is 5.06. The zero-order chi connectivity index (χ0) is 13.0. The van der Waals surface area contributed by atoms with Crippen LogP contribution in [0.15, 0.2) is 36.9 Å². The van der Waals surface area contributed by atoms with Crippen LogP contribution in [0, 0.1) is 13.8 Å². The van der Waals surface area contributed by atoms with Crippen LogP contribution in [0.25, 0.3) is 0 Å². The van der Waals surface area contributed by atoms with Crippen molar-refractivity contribution < 1.29 is 9.53 Å². The molecule has 18 heavy (non-hydrogen) atoms. The van der Waals surface area contributed by atoms with Gasteiger partial charge in [-0.25, -0.2) is 4.98 Å². The highest BCUT2D eigenvalue weighted by atomic mass is 16.5. The molecule has 0 spiro atoms. The number of aromatic nitrogens is 2. The van der Waals surface area contributed by atoms with Gasteiger partial charge >= 0.3 is 0 Å². The number of hydrogen-bond acceptors (Lipinski definition) is 3. The van der Waals surface area contributed by atoms with E-state index in [1.54, 1.807) is 12.4 Å². The van der Waals surface area contributed by atoms with E-state index in [0.29, 0.717) is 13.0 Å². The summed E-state index contributed by atoms with van der Waals surface area (Å²) in [5.41, 5.74) is 2.42. The molecular formula is C14H16N2O2. The lowest BCUT2D eigenvalue weighted by Gasteiger charge is -2.08. The summed E-state index contributed by atoms with van der Waals surface area (Å²) in [5.74, 6) is 0.785. The zero-order valence-corrected chi connectivity index (χ0v) is 10.6. The Labute approximate surface area is 106 Å². The Balaban J connectivity index is 1.85. The van der Waals surface area contributed by atoms with Gasteiger partial charge < -0.3 is 4.74 Å². The standard InChI is InChI=1S/C14H16N2O2/c1-11-3-4-13(9-12(11)2)18-8-5-14(17)16-7-6-15-10-16/h3-4,6-7,9-10H,5,8H2,1-2H3. The zero-order valence-electron chi connectivity index (χ0n) is 10.6. The Bertz CT molecular complexity index is 533. The lowest BCUT2D eigenvalue weighted by molar-refractivity contribution is 0.0881. The van der Waals surface area contributed by atoms with Crippen molar-refractivity contribution in [2.45, 2.75) is 20.3 Å². The number of nitrogens with zero attached hydrogens (tertiary/aromatic N) is 2. The molecule has 0 N–H and O–H groups in total. The first kappa shape index (κ1) is 12.4. The van der Waals surface area contributed by atoms with E-state index in [4.69, 9.17) is 4.74 Å². The molecule has 0 saturated heterocycles. The molecule has 0 aliphatic rings. The molecule has 94 valence electrons. The van der Waals surface area contributed by atoms with Gasteiger partial charge in [-0.2, -0.15) is 0 Å². The van der Waals surface area contributed by atoms with Gasteiger partial charge in [-0.05, 0) is 37.1 Å². The predicted molar refractivity (Wildman–Crippen MR) is 68.9 cm³/mol. The van der Waals surface area contributed by atoms with E-state index in [-0.39, 0.29) is 5.91 Å². The maximum absolute atomic E-state index is 11.7. The van der Waals surface area contributed by atoms with Crippen molar-refractivity contribution in [1.82, 2.24) is 9.55 Å². The average Bonchev–Trinajstić information content (AvgIpc) is 2.87. The highest BCUT2D eigenvalue weighted by Gasteiger charge is 2.04. The van der Waals surface area contributed by atoms with Crippen LogP contribution >= 0.6 is 0 Å². The molecule has 0 bridgehead atoms. The molecule has 0 saturated carbocycles. The molecule has 0 fully saturated rings. The molecule has 0 amide bonds. The molecule has 0 radical (unpaired) electrons. The molecule has 0 aliphatic carbocycles. The third-order valence-electron chi connectivity index (χ3n) is 2.86. The van der Waals surface area contributed by atoms with E-state index >= 15 is 0 Å². The normalized spacial score (nSPS) is 10.3. The van der Waals surface area contributed by atoms with Crippen LogP contribution in [-0.4, -0.2) is 22.1 Å². The molecule has 4 heteroatoms. The molecular weight excluding hydrogens is 228 g/mol. The summed E-state index contributed by atoms with van der Waals surface area (Å²) in [5, 5.41) is 0. The van der Waals surface area contributed by atoms with Crippen molar-refractivity contribution in [2.75, 3.05) is 6.61 Å². The van der Waals surface area contributed by atoms with Gasteiger partial charge in [-0.15, -0.1) is 0 Å². The summed E-state index contributed by atoms with van der Waals surface area (Å²) < 4.78 is 7.02. The molecule has 4 nitrogen and oxygen atoms in total. The van der Waals surface area contributed by atoms with E-state index in [1.165, 1.54) is 22.0 Å². The van der Waals surface area contributed by atoms with E-state index in [9.17, 15) is 4.79 Å². The van der Waals surface area contributed by atoms with Crippen molar-refractivity contribution in [3.05, 3.63) is 48.0 Å². The van der Waals surface area contributed by atoms with Crippen molar-refractivity contribution in [3.63, 3.8) is 0 Å². The number of carbonyl (C=O) groups excluding carboxylic acids is 1. The largest absolute Gasteiger partial charge is 0.493 e. The molecule has 2 aromatic rings. The number of benzene rings is 1. The Morgan fingerprint density at radius 3 is 2.83 bits per heavy atom. The second-order valence-corrected chi connectivity index (χ2v) is 4.21. The quantitative estimate of drug-likeness (QED) is 0.830. The van der Waals surface area contributed by atoms with Crippen LogP contribution in [0.2, 0.25) is 0 Å². The number of hydrogen-bond donors (Lipinski definition) is 0. The molecule has 2 rings (SSSR count). The van der Waals surface area contributed by atoms with Crippen molar-refractivity contribution in [3.8, 4) is 5.75 Å². The van der Waals surface area contributed by atoms with Crippen LogP contribution in [0.1, 0.15) is 22.3 Å². The van der Waals surface area contributed by atoms with Crippen molar-refractivity contribution >= 4 is 5.91 Å². The first-order chi connectivity index (χ1) is 8.66. The van der Waals surface area contributed by atoms with Gasteiger partial charge in [0.1, 0.15) is 12.1 Å². The number of carbonyl (C=O) groups is 1. The monoisotopic (exact) mass is 244 g/mol. The van der Waals surface area contributed by atoms with E-state index in [1.807, 2.05) is 25.1 Å². The van der Waals surface area contributed by atoms with Crippen molar-refractivity contribution in [2.24, 2.45) is 0 Å². The lowest BCUT2D eigenvalue weighted by Crippen LogP contribution is -2.12. The first-order valence-corrected chi connectivity index (χ1v) is 5.88. The minimum absolute atomic E-state index is 0.0173. The number of aryl methyl sites for hydroxylation is 2. The molecule has 1 aromatic carbocycles. The summed E-state index contributed by atoms with van der Waals surface area (Å²) >= 11 is 0. The van der Waals surface area contributed by atoms with E-state index in [2.05, 4.69) is 11.9 Å². The molecule has 1 heterocycles. The average molecular weight is 244 g/mol. The summed E-state index contributed by atoms with van der Waals surface area (Å²) in [6, 6.07) is 5.92. The maximum atomic E-state index is 11.7. The smallest absolute Gasteiger partial charge is 0.235 e. The van der Waals surface area contributed by atoms with Gasteiger partial charge in [0, 0.05) is 12.4 Å². The van der Waals surface area contributed by atoms with Crippen LogP contribution in [0.4, 0.5) is 0 Å². The SMILES string of the molecule is Cc1ccc(OCCC(=O)n2ccnc2)cc1C. The summed E-state index contributed by atoms with van der Waals surface area (Å²) in [4.78, 5) is 15.5. The second kappa shape index (κ2) is 5.49. The Morgan fingerprint density at radius 2 is 2.17 bits per heavy atom. The second-order valence-electron chi connectivity index (χ2n) is 4.21. The lowest BCUT2D eigenvalue weighted by atomic mass is 10.1. The Morgan fingerprint density at radius 1 is 1.33 bits per heavy atom. The third-order valence-corrected chi connectivity index (χ3v) is 2.86. The van der Waals surface area contributed by atoms with E-state index < -0.39 is 0 Å². The van der Waals surface area contributed by atoms with Gasteiger partial charge in [-0.1, -0.05) is 6.07 Å². The summed E-state index contributed by atoms with van der Waals surface area (Å²) in [6.45, 7) is 4.47. The Hall–Kier alpha value is -2.10. The maximum Gasteiger partial charge on any atom is 0.235 e. The van der Waals surface area contributed by atoms with Crippen LogP contribution in [-0.2, 0) is 0 Å². The summed E-state index contributed by atoms with van der Waals surface area (Å²) in [7, 11) is 0.